The third-order valence-corrected chi connectivity index (χ3v) is 5.64. The van der Waals surface area contributed by atoms with Gasteiger partial charge in [0.25, 0.3) is 5.91 Å². The van der Waals surface area contributed by atoms with Crippen molar-refractivity contribution in [2.75, 3.05) is 6.26 Å². The molecular weight excluding hydrogens is 350 g/mol. The molecule has 0 saturated heterocycles. The number of nitrogens with one attached hydrogen (secondary N) is 2. The highest BCUT2D eigenvalue weighted by molar-refractivity contribution is 7.89. The highest BCUT2D eigenvalue weighted by Crippen LogP contribution is 2.31. The SMILES string of the molecule is CS(=O)(=O)Cc1ccc(CNC(=O)c2cc(C3CCCCC3)[nH]n2)cc1. The molecule has 6 nitrogen and oxygen atoms in total. The first kappa shape index (κ1) is 18.6. The van der Waals surface area contributed by atoms with E-state index in [9.17, 15) is 13.2 Å². The Labute approximate surface area is 154 Å². The minimum atomic E-state index is -3.04. The van der Waals surface area contributed by atoms with Crippen molar-refractivity contribution in [3.8, 4) is 0 Å². The molecule has 1 aromatic carbocycles. The van der Waals surface area contributed by atoms with Gasteiger partial charge in [-0.1, -0.05) is 43.5 Å². The molecule has 3 rings (SSSR count). The van der Waals surface area contributed by atoms with E-state index < -0.39 is 9.84 Å². The maximum Gasteiger partial charge on any atom is 0.272 e. The summed E-state index contributed by atoms with van der Waals surface area (Å²) in [6.45, 7) is 0.379. The molecule has 2 N–H and O–H groups in total. The van der Waals surface area contributed by atoms with Crippen LogP contribution in [0.2, 0.25) is 0 Å². The van der Waals surface area contributed by atoms with Crippen LogP contribution in [0.4, 0.5) is 0 Å². The number of amides is 1. The number of aromatic amines is 1. The monoisotopic (exact) mass is 375 g/mol. The summed E-state index contributed by atoms with van der Waals surface area (Å²) in [4.78, 5) is 12.3. The lowest BCUT2D eigenvalue weighted by Crippen LogP contribution is -2.23. The van der Waals surface area contributed by atoms with Crippen LogP contribution in [0, 0.1) is 0 Å². The number of benzene rings is 1. The van der Waals surface area contributed by atoms with E-state index in [1.54, 1.807) is 12.1 Å². The summed E-state index contributed by atoms with van der Waals surface area (Å²) in [5.41, 5.74) is 3.13. The second-order valence-corrected chi connectivity index (χ2v) is 9.25. The second-order valence-electron chi connectivity index (χ2n) is 7.11. The Balaban J connectivity index is 1.54. The molecule has 1 aliphatic rings. The van der Waals surface area contributed by atoms with Crippen LogP contribution in [0.1, 0.15) is 65.3 Å². The summed E-state index contributed by atoms with van der Waals surface area (Å²) < 4.78 is 22.6. The number of H-pyrrole nitrogens is 1. The quantitative estimate of drug-likeness (QED) is 0.812. The van der Waals surface area contributed by atoms with Crippen LogP contribution in [0.5, 0.6) is 0 Å². The molecule has 0 spiro atoms. The molecule has 1 aromatic heterocycles. The van der Waals surface area contributed by atoms with Crippen molar-refractivity contribution < 1.29 is 13.2 Å². The maximum absolute atomic E-state index is 12.3. The van der Waals surface area contributed by atoms with Gasteiger partial charge in [-0.3, -0.25) is 9.89 Å². The van der Waals surface area contributed by atoms with E-state index in [2.05, 4.69) is 15.5 Å². The smallest absolute Gasteiger partial charge is 0.272 e. The Morgan fingerprint density at radius 2 is 1.81 bits per heavy atom. The predicted molar refractivity (Wildman–Crippen MR) is 101 cm³/mol. The predicted octanol–water partition coefficient (Wildman–Crippen LogP) is 2.93. The van der Waals surface area contributed by atoms with Crippen molar-refractivity contribution in [2.24, 2.45) is 0 Å². The average molecular weight is 375 g/mol. The summed E-state index contributed by atoms with van der Waals surface area (Å²) in [5.74, 6) is 0.306. The van der Waals surface area contributed by atoms with Gasteiger partial charge in [-0.2, -0.15) is 5.10 Å². The Hall–Kier alpha value is -2.15. The molecule has 26 heavy (non-hydrogen) atoms. The zero-order valence-electron chi connectivity index (χ0n) is 15.0. The first-order valence-corrected chi connectivity index (χ1v) is 11.1. The van der Waals surface area contributed by atoms with E-state index in [0.29, 0.717) is 18.2 Å². The van der Waals surface area contributed by atoms with Crippen LogP contribution in [-0.2, 0) is 22.1 Å². The number of hydrogen-bond donors (Lipinski definition) is 2. The molecule has 1 amide bonds. The number of aromatic nitrogens is 2. The van der Waals surface area contributed by atoms with Gasteiger partial charge in [-0.05, 0) is 30.0 Å². The lowest BCUT2D eigenvalue weighted by atomic mass is 9.87. The van der Waals surface area contributed by atoms with Crippen molar-refractivity contribution >= 4 is 15.7 Å². The molecule has 0 aliphatic heterocycles. The highest BCUT2D eigenvalue weighted by atomic mass is 32.2. The van der Waals surface area contributed by atoms with Gasteiger partial charge in [0.1, 0.15) is 5.69 Å². The van der Waals surface area contributed by atoms with Gasteiger partial charge in [0.05, 0.1) is 5.75 Å². The number of rotatable bonds is 6. The summed E-state index contributed by atoms with van der Waals surface area (Å²) in [7, 11) is -3.04. The first-order valence-electron chi connectivity index (χ1n) is 9.00. The molecule has 1 fully saturated rings. The van der Waals surface area contributed by atoms with E-state index >= 15 is 0 Å². The molecular formula is C19H25N3O3S. The minimum Gasteiger partial charge on any atom is -0.347 e. The van der Waals surface area contributed by atoms with E-state index in [-0.39, 0.29) is 11.7 Å². The van der Waals surface area contributed by atoms with Crippen LogP contribution in [0.25, 0.3) is 0 Å². The van der Waals surface area contributed by atoms with Gasteiger partial charge >= 0.3 is 0 Å². The number of carbonyl (C=O) groups is 1. The van der Waals surface area contributed by atoms with Gasteiger partial charge in [0, 0.05) is 24.4 Å². The topological polar surface area (TPSA) is 91.9 Å². The molecule has 0 radical (unpaired) electrons. The molecule has 7 heteroatoms. The minimum absolute atomic E-state index is 0.0247. The summed E-state index contributed by atoms with van der Waals surface area (Å²) in [5, 5.41) is 10.0. The van der Waals surface area contributed by atoms with Gasteiger partial charge in [0.2, 0.25) is 0 Å². The molecule has 0 unspecified atom stereocenters. The van der Waals surface area contributed by atoms with Crippen LogP contribution < -0.4 is 5.32 Å². The van der Waals surface area contributed by atoms with Crippen LogP contribution in [-0.4, -0.2) is 30.8 Å². The number of carbonyl (C=O) groups excluding carboxylic acids is 1. The molecule has 0 bridgehead atoms. The van der Waals surface area contributed by atoms with Gasteiger partial charge in [-0.15, -0.1) is 0 Å². The third kappa shape index (κ3) is 5.17. The zero-order valence-corrected chi connectivity index (χ0v) is 15.8. The Bertz CT molecular complexity index is 850. The van der Waals surface area contributed by atoms with Gasteiger partial charge in [0.15, 0.2) is 9.84 Å². The van der Waals surface area contributed by atoms with Gasteiger partial charge in [-0.25, -0.2) is 8.42 Å². The zero-order chi connectivity index (χ0) is 18.6. The summed E-state index contributed by atoms with van der Waals surface area (Å²) in [6, 6.07) is 9.08. The van der Waals surface area contributed by atoms with Crippen molar-refractivity contribution in [3.05, 3.63) is 52.8 Å². The largest absolute Gasteiger partial charge is 0.347 e. The highest BCUT2D eigenvalue weighted by Gasteiger charge is 2.19. The molecule has 0 atom stereocenters. The van der Waals surface area contributed by atoms with Crippen molar-refractivity contribution in [1.29, 1.82) is 0 Å². The lowest BCUT2D eigenvalue weighted by Gasteiger charge is -2.19. The molecule has 1 saturated carbocycles. The average Bonchev–Trinajstić information content (AvgIpc) is 3.10. The normalized spacial score (nSPS) is 15.7. The third-order valence-electron chi connectivity index (χ3n) is 4.78. The molecule has 1 aliphatic carbocycles. The Morgan fingerprint density at radius 1 is 1.15 bits per heavy atom. The summed E-state index contributed by atoms with van der Waals surface area (Å²) >= 11 is 0. The Morgan fingerprint density at radius 3 is 2.46 bits per heavy atom. The second kappa shape index (κ2) is 8.03. The van der Waals surface area contributed by atoms with Crippen molar-refractivity contribution in [2.45, 2.75) is 50.3 Å². The fraction of sp³-hybridized carbons (Fsp3) is 0.474. The fourth-order valence-electron chi connectivity index (χ4n) is 3.40. The lowest BCUT2D eigenvalue weighted by molar-refractivity contribution is 0.0946. The number of sulfone groups is 1. The van der Waals surface area contributed by atoms with E-state index in [4.69, 9.17) is 0 Å². The van der Waals surface area contributed by atoms with E-state index in [1.807, 2.05) is 18.2 Å². The van der Waals surface area contributed by atoms with Crippen molar-refractivity contribution in [3.63, 3.8) is 0 Å². The molecule has 2 aromatic rings. The maximum atomic E-state index is 12.3. The summed E-state index contributed by atoms with van der Waals surface area (Å²) in [6.07, 6.45) is 7.29. The van der Waals surface area contributed by atoms with Crippen LogP contribution in [0.15, 0.2) is 30.3 Å². The Kier molecular flexibility index (Phi) is 5.76. The molecule has 1 heterocycles. The van der Waals surface area contributed by atoms with Crippen molar-refractivity contribution in [1.82, 2.24) is 15.5 Å². The van der Waals surface area contributed by atoms with Crippen LogP contribution >= 0.6 is 0 Å². The molecule has 140 valence electrons. The number of nitrogens with zero attached hydrogens (tertiary/aromatic N) is 1. The van der Waals surface area contributed by atoms with Gasteiger partial charge < -0.3 is 5.32 Å². The van der Waals surface area contributed by atoms with Crippen LogP contribution in [0.3, 0.4) is 0 Å². The van der Waals surface area contributed by atoms with E-state index in [1.165, 1.54) is 25.5 Å². The fourth-order valence-corrected chi connectivity index (χ4v) is 4.20. The van der Waals surface area contributed by atoms with E-state index in [0.717, 1.165) is 29.7 Å². The number of hydrogen-bond acceptors (Lipinski definition) is 4. The first-order chi connectivity index (χ1) is 12.4. The standard InChI is InChI=1S/C19H25N3O3S/c1-26(24,25)13-15-9-7-14(8-10-15)12-20-19(23)18-11-17(21-22-18)16-5-3-2-4-6-16/h7-11,16H,2-6,12-13H2,1H3,(H,20,23)(H,21,22).